The first-order valence-corrected chi connectivity index (χ1v) is 7.75. The molecular weight excluding hydrogens is 376 g/mol. The number of aromatic hydroxyl groups is 1. The van der Waals surface area contributed by atoms with Gasteiger partial charge in [-0.3, -0.25) is 4.79 Å². The molecule has 0 fully saturated rings. The summed E-state index contributed by atoms with van der Waals surface area (Å²) < 4.78 is 11.4. The fourth-order valence-electron chi connectivity index (χ4n) is 2.12. The topological polar surface area (TPSA) is 84.1 Å². The molecule has 0 unspecified atom stereocenters. The van der Waals surface area contributed by atoms with Gasteiger partial charge in [-0.2, -0.15) is 5.10 Å². The highest BCUT2D eigenvalue weighted by Gasteiger charge is 2.11. The van der Waals surface area contributed by atoms with Crippen LogP contribution in [0.5, 0.6) is 11.5 Å². The van der Waals surface area contributed by atoms with Crippen LogP contribution in [0.3, 0.4) is 0 Å². The molecule has 1 heterocycles. The molecule has 1 amide bonds. The highest BCUT2D eigenvalue weighted by molar-refractivity contribution is 9.10. The van der Waals surface area contributed by atoms with Gasteiger partial charge in [0.1, 0.15) is 5.58 Å². The summed E-state index contributed by atoms with van der Waals surface area (Å²) in [4.78, 5) is 12.1. The molecule has 122 valence electrons. The number of carbonyl (C=O) groups is 1. The molecule has 0 aliphatic carbocycles. The second kappa shape index (κ2) is 6.76. The monoisotopic (exact) mass is 388 g/mol. The molecule has 2 N–H and O–H groups in total. The van der Waals surface area contributed by atoms with Crippen molar-refractivity contribution in [2.24, 2.45) is 5.10 Å². The highest BCUT2D eigenvalue weighted by atomic mass is 79.9. The van der Waals surface area contributed by atoms with E-state index in [0.717, 1.165) is 9.86 Å². The van der Waals surface area contributed by atoms with Crippen molar-refractivity contribution in [2.75, 3.05) is 7.11 Å². The van der Waals surface area contributed by atoms with Crippen molar-refractivity contribution in [3.63, 3.8) is 0 Å². The Morgan fingerprint density at radius 1 is 1.29 bits per heavy atom. The van der Waals surface area contributed by atoms with Crippen LogP contribution in [0.15, 0.2) is 56.5 Å². The molecule has 0 spiro atoms. The Hall–Kier alpha value is -2.80. The number of nitrogens with one attached hydrogen (secondary N) is 1. The smallest absolute Gasteiger partial charge is 0.307 e. The van der Waals surface area contributed by atoms with Crippen molar-refractivity contribution in [1.82, 2.24) is 5.43 Å². The number of methoxy groups -OCH3 is 1. The molecule has 0 saturated carbocycles. The quantitative estimate of drug-likeness (QED) is 0.527. The molecular formula is C17H13BrN2O4. The Morgan fingerprint density at radius 3 is 2.92 bits per heavy atom. The van der Waals surface area contributed by atoms with Crippen molar-refractivity contribution in [3.8, 4) is 11.5 Å². The molecule has 3 rings (SSSR count). The van der Waals surface area contributed by atoms with Gasteiger partial charge in [-0.15, -0.1) is 0 Å². The fourth-order valence-corrected chi connectivity index (χ4v) is 2.50. The minimum absolute atomic E-state index is 0.0344. The summed E-state index contributed by atoms with van der Waals surface area (Å²) in [6, 6.07) is 11.9. The van der Waals surface area contributed by atoms with Gasteiger partial charge in [0.05, 0.1) is 13.3 Å². The number of hydrogen-bond donors (Lipinski definition) is 2. The number of rotatable bonds is 4. The second-order valence-corrected chi connectivity index (χ2v) is 5.84. The number of nitrogens with zero attached hydrogens (tertiary/aromatic N) is 1. The van der Waals surface area contributed by atoms with Crippen molar-refractivity contribution in [1.29, 1.82) is 0 Å². The Morgan fingerprint density at radius 2 is 2.12 bits per heavy atom. The van der Waals surface area contributed by atoms with E-state index in [9.17, 15) is 9.90 Å². The maximum Gasteiger partial charge on any atom is 0.307 e. The lowest BCUT2D eigenvalue weighted by atomic mass is 10.2. The van der Waals surface area contributed by atoms with Gasteiger partial charge in [-0.25, -0.2) is 5.43 Å². The van der Waals surface area contributed by atoms with Crippen LogP contribution in [-0.2, 0) is 0 Å². The average molecular weight is 389 g/mol. The maximum atomic E-state index is 12.1. The zero-order valence-electron chi connectivity index (χ0n) is 12.6. The molecule has 3 aromatic rings. The van der Waals surface area contributed by atoms with E-state index in [1.807, 2.05) is 12.1 Å². The van der Waals surface area contributed by atoms with E-state index in [4.69, 9.17) is 9.15 Å². The third kappa shape index (κ3) is 3.41. The number of fused-ring (bicyclic) bond motifs is 1. The van der Waals surface area contributed by atoms with Gasteiger partial charge in [0.25, 0.3) is 0 Å². The number of benzene rings is 2. The Balaban J connectivity index is 1.72. The third-order valence-electron chi connectivity index (χ3n) is 3.29. The first-order chi connectivity index (χ1) is 11.6. The number of phenolic OH excluding ortho intramolecular Hbond substituents is 1. The number of hydrazone groups is 1. The normalized spacial score (nSPS) is 11.1. The summed E-state index contributed by atoms with van der Waals surface area (Å²) in [6.07, 6.45) is 1.44. The largest absolute Gasteiger partial charge is 0.504 e. The summed E-state index contributed by atoms with van der Waals surface area (Å²) >= 11 is 3.37. The lowest BCUT2D eigenvalue weighted by molar-refractivity contribution is 0.0929. The zero-order valence-corrected chi connectivity index (χ0v) is 14.2. The first-order valence-electron chi connectivity index (χ1n) is 6.96. The lowest BCUT2D eigenvalue weighted by Crippen LogP contribution is -2.16. The van der Waals surface area contributed by atoms with Gasteiger partial charge >= 0.3 is 5.91 Å². The Bertz CT molecular complexity index is 933. The second-order valence-electron chi connectivity index (χ2n) is 4.92. The van der Waals surface area contributed by atoms with Crippen molar-refractivity contribution < 1.29 is 19.1 Å². The van der Waals surface area contributed by atoms with Crippen LogP contribution in [0.4, 0.5) is 0 Å². The van der Waals surface area contributed by atoms with Crippen LogP contribution in [0.1, 0.15) is 16.1 Å². The van der Waals surface area contributed by atoms with Crippen LogP contribution >= 0.6 is 15.9 Å². The van der Waals surface area contributed by atoms with Gasteiger partial charge in [0, 0.05) is 9.86 Å². The summed E-state index contributed by atoms with van der Waals surface area (Å²) in [6.45, 7) is 0. The third-order valence-corrected chi connectivity index (χ3v) is 3.78. The van der Waals surface area contributed by atoms with Crippen LogP contribution in [0.2, 0.25) is 0 Å². The van der Waals surface area contributed by atoms with Crippen molar-refractivity contribution in [3.05, 3.63) is 58.3 Å². The van der Waals surface area contributed by atoms with E-state index in [0.29, 0.717) is 16.9 Å². The molecule has 6 nitrogen and oxygen atoms in total. The van der Waals surface area contributed by atoms with Crippen LogP contribution < -0.4 is 10.2 Å². The molecule has 2 aromatic carbocycles. The summed E-state index contributed by atoms with van der Waals surface area (Å²) in [5.41, 5.74) is 3.68. The summed E-state index contributed by atoms with van der Waals surface area (Å²) in [5, 5.41) is 14.2. The SMILES string of the molecule is COc1cc(/C=N/NC(=O)c2cc3cc(Br)ccc3o2)ccc1O. The van der Waals surface area contributed by atoms with Gasteiger partial charge in [0.15, 0.2) is 17.3 Å². The zero-order chi connectivity index (χ0) is 17.1. The predicted molar refractivity (Wildman–Crippen MR) is 93.6 cm³/mol. The number of hydrogen-bond acceptors (Lipinski definition) is 5. The van der Waals surface area contributed by atoms with Crippen molar-refractivity contribution >= 4 is 39.0 Å². The summed E-state index contributed by atoms with van der Waals surface area (Å²) in [5.74, 6) is 0.0770. The Labute approximate surface area is 145 Å². The van der Waals surface area contributed by atoms with E-state index in [-0.39, 0.29) is 11.5 Å². The molecule has 0 saturated heterocycles. The summed E-state index contributed by atoms with van der Waals surface area (Å²) in [7, 11) is 1.46. The number of carbonyl (C=O) groups excluding carboxylic acids is 1. The molecule has 24 heavy (non-hydrogen) atoms. The van der Waals surface area contributed by atoms with Gasteiger partial charge in [0.2, 0.25) is 0 Å². The standard InChI is InChI=1S/C17H13BrN2O4/c1-23-15-6-10(2-4-13(15)21)9-19-20-17(22)16-8-11-7-12(18)3-5-14(11)24-16/h2-9,21H,1H3,(H,20,22)/b19-9+. The van der Waals surface area contributed by atoms with E-state index in [1.54, 1.807) is 24.3 Å². The van der Waals surface area contributed by atoms with Gasteiger partial charge in [-0.05, 0) is 48.0 Å². The van der Waals surface area contributed by atoms with Crippen LogP contribution in [0.25, 0.3) is 11.0 Å². The number of amides is 1. The first kappa shape index (κ1) is 16.1. The van der Waals surface area contributed by atoms with E-state index < -0.39 is 5.91 Å². The Kier molecular flexibility index (Phi) is 4.52. The van der Waals surface area contributed by atoms with Gasteiger partial charge in [-0.1, -0.05) is 15.9 Å². The molecule has 7 heteroatoms. The molecule has 0 bridgehead atoms. The molecule has 1 aromatic heterocycles. The van der Waals surface area contributed by atoms with E-state index in [2.05, 4.69) is 26.5 Å². The molecule has 0 radical (unpaired) electrons. The molecule has 0 aliphatic rings. The number of phenols is 1. The number of furan rings is 1. The van der Waals surface area contributed by atoms with E-state index >= 15 is 0 Å². The van der Waals surface area contributed by atoms with Gasteiger partial charge < -0.3 is 14.3 Å². The highest BCUT2D eigenvalue weighted by Crippen LogP contribution is 2.25. The molecule has 0 atom stereocenters. The predicted octanol–water partition coefficient (Wildman–Crippen LogP) is 3.67. The minimum atomic E-state index is -0.454. The number of halogens is 1. The minimum Gasteiger partial charge on any atom is -0.504 e. The number of ether oxygens (including phenoxy) is 1. The van der Waals surface area contributed by atoms with Crippen LogP contribution in [-0.4, -0.2) is 24.3 Å². The van der Waals surface area contributed by atoms with Crippen molar-refractivity contribution in [2.45, 2.75) is 0 Å². The maximum absolute atomic E-state index is 12.1. The van der Waals surface area contributed by atoms with E-state index in [1.165, 1.54) is 19.4 Å². The lowest BCUT2D eigenvalue weighted by Gasteiger charge is -2.03. The van der Waals surface area contributed by atoms with Crippen LogP contribution in [0, 0.1) is 0 Å². The average Bonchev–Trinajstić information content (AvgIpc) is 2.99. The molecule has 0 aliphatic heterocycles. The fraction of sp³-hybridized carbons (Fsp3) is 0.0588.